The Morgan fingerprint density at radius 2 is 1.96 bits per heavy atom. The summed E-state index contributed by atoms with van der Waals surface area (Å²) in [6.07, 6.45) is 1.90. The molecule has 0 fully saturated rings. The monoisotopic (exact) mass is 384 g/mol. The van der Waals surface area contributed by atoms with Crippen molar-refractivity contribution in [1.29, 1.82) is 0 Å². The van der Waals surface area contributed by atoms with Gasteiger partial charge in [0.2, 0.25) is 0 Å². The molecule has 0 spiro atoms. The number of fused-ring (bicyclic) bond motifs is 1. The lowest BCUT2D eigenvalue weighted by Crippen LogP contribution is -2.30. The molecule has 6 heteroatoms. The molecule has 3 aromatic rings. The van der Waals surface area contributed by atoms with Gasteiger partial charge in [-0.2, -0.15) is 0 Å². The van der Waals surface area contributed by atoms with Gasteiger partial charge in [-0.15, -0.1) is 0 Å². The van der Waals surface area contributed by atoms with E-state index >= 15 is 0 Å². The number of carbonyl (C=O) groups is 1. The Balaban J connectivity index is 1.79. The summed E-state index contributed by atoms with van der Waals surface area (Å²) in [5, 5.41) is 4.18. The molecule has 1 aromatic heterocycles. The maximum atomic E-state index is 12.6. The molecule has 1 N–H and O–H groups in total. The number of nitrogens with one attached hydrogen (secondary N) is 1. The third kappa shape index (κ3) is 4.49. The number of aromatic nitrogens is 1. The van der Waals surface area contributed by atoms with Crippen molar-refractivity contribution >= 4 is 34.1 Å². The van der Waals surface area contributed by atoms with E-state index in [1.54, 1.807) is 37.4 Å². The molecule has 0 unspecified atom stereocenters. The molecular weight excluding hydrogens is 364 g/mol. The highest BCUT2D eigenvalue weighted by molar-refractivity contribution is 6.32. The quantitative estimate of drug-likeness (QED) is 0.616. The average molecular weight is 385 g/mol. The second-order valence-electron chi connectivity index (χ2n) is 6.04. The normalized spacial score (nSPS) is 11.8. The van der Waals surface area contributed by atoms with Crippen molar-refractivity contribution in [3.8, 4) is 11.5 Å². The minimum Gasteiger partial charge on any atom is -0.491 e. The lowest BCUT2D eigenvalue weighted by molar-refractivity contribution is -0.122. The number of hydrogen-bond acceptors (Lipinski definition) is 4. The molecule has 0 aliphatic carbocycles. The first-order valence-corrected chi connectivity index (χ1v) is 9.20. The lowest BCUT2D eigenvalue weighted by atomic mass is 10.1. The molecule has 140 valence electrons. The van der Waals surface area contributed by atoms with Gasteiger partial charge in [-0.25, -0.2) is 0 Å². The third-order valence-electron chi connectivity index (χ3n) is 3.96. The van der Waals surface area contributed by atoms with Crippen LogP contribution in [0.5, 0.6) is 11.5 Å². The van der Waals surface area contributed by atoms with Crippen LogP contribution in [0.15, 0.2) is 54.7 Å². The lowest BCUT2D eigenvalue weighted by Gasteiger charge is -2.17. The van der Waals surface area contributed by atoms with E-state index in [0.717, 1.165) is 11.8 Å². The highest BCUT2D eigenvalue weighted by atomic mass is 35.5. The van der Waals surface area contributed by atoms with Gasteiger partial charge in [0, 0.05) is 11.6 Å². The Bertz CT molecular complexity index is 946. The topological polar surface area (TPSA) is 60.5 Å². The van der Waals surface area contributed by atoms with E-state index in [1.165, 1.54) is 0 Å². The van der Waals surface area contributed by atoms with Crippen LogP contribution >= 0.6 is 11.6 Å². The number of rotatable bonds is 7. The summed E-state index contributed by atoms with van der Waals surface area (Å²) in [5.41, 5.74) is 1.37. The molecule has 1 amide bonds. The minimum atomic E-state index is -0.715. The molecular formula is C21H21ClN2O3. The Kier molecular flexibility index (Phi) is 6.14. The van der Waals surface area contributed by atoms with Crippen molar-refractivity contribution in [2.75, 3.05) is 11.9 Å². The van der Waals surface area contributed by atoms with Crippen molar-refractivity contribution in [2.24, 2.45) is 0 Å². The van der Waals surface area contributed by atoms with Gasteiger partial charge < -0.3 is 14.8 Å². The summed E-state index contributed by atoms with van der Waals surface area (Å²) in [5.74, 6) is 0.893. The number of ether oxygens (including phenoxy) is 2. The molecule has 0 aliphatic heterocycles. The van der Waals surface area contributed by atoms with Crippen LogP contribution in [0.4, 0.5) is 5.69 Å². The Labute approximate surface area is 163 Å². The van der Waals surface area contributed by atoms with Crippen LogP contribution in [0.1, 0.15) is 20.3 Å². The van der Waals surface area contributed by atoms with E-state index in [0.29, 0.717) is 34.3 Å². The van der Waals surface area contributed by atoms with Gasteiger partial charge in [0.25, 0.3) is 5.91 Å². The maximum absolute atomic E-state index is 12.6. The number of halogens is 1. The van der Waals surface area contributed by atoms with Crippen LogP contribution in [0.2, 0.25) is 5.02 Å². The zero-order valence-electron chi connectivity index (χ0n) is 15.2. The summed E-state index contributed by atoms with van der Waals surface area (Å²) in [7, 11) is 0. The maximum Gasteiger partial charge on any atom is 0.265 e. The molecule has 3 rings (SSSR count). The Morgan fingerprint density at radius 1 is 1.15 bits per heavy atom. The van der Waals surface area contributed by atoms with Gasteiger partial charge in [-0.05, 0) is 49.7 Å². The Hall–Kier alpha value is -2.79. The van der Waals surface area contributed by atoms with Gasteiger partial charge in [-0.3, -0.25) is 9.78 Å². The summed E-state index contributed by atoms with van der Waals surface area (Å²) >= 11 is 6.09. The van der Waals surface area contributed by atoms with Crippen LogP contribution in [0.3, 0.4) is 0 Å². The number of anilines is 1. The SMILES string of the molecule is CCCOc1ccc(NC(=O)[C@H](C)Oc2ccccc2Cl)c2cccnc12. The molecule has 5 nitrogen and oxygen atoms in total. The van der Waals surface area contributed by atoms with E-state index in [2.05, 4.69) is 10.3 Å². The smallest absolute Gasteiger partial charge is 0.265 e. The molecule has 0 bridgehead atoms. The number of pyridine rings is 1. The fraction of sp³-hybridized carbons (Fsp3) is 0.238. The Morgan fingerprint density at radius 3 is 2.74 bits per heavy atom. The summed E-state index contributed by atoms with van der Waals surface area (Å²) < 4.78 is 11.4. The minimum absolute atomic E-state index is 0.276. The predicted molar refractivity (Wildman–Crippen MR) is 108 cm³/mol. The highest BCUT2D eigenvalue weighted by Gasteiger charge is 2.18. The highest BCUT2D eigenvalue weighted by Crippen LogP contribution is 2.30. The second kappa shape index (κ2) is 8.73. The fourth-order valence-corrected chi connectivity index (χ4v) is 2.78. The average Bonchev–Trinajstić information content (AvgIpc) is 2.69. The number of carbonyl (C=O) groups excluding carboxylic acids is 1. The van der Waals surface area contributed by atoms with Gasteiger partial charge in [-0.1, -0.05) is 30.7 Å². The van der Waals surface area contributed by atoms with Gasteiger partial charge >= 0.3 is 0 Å². The number of hydrogen-bond donors (Lipinski definition) is 1. The number of amides is 1. The van der Waals surface area contributed by atoms with E-state index in [1.807, 2.05) is 31.2 Å². The summed E-state index contributed by atoms with van der Waals surface area (Å²) in [6, 6.07) is 14.4. The van der Waals surface area contributed by atoms with E-state index in [4.69, 9.17) is 21.1 Å². The summed E-state index contributed by atoms with van der Waals surface area (Å²) in [4.78, 5) is 17.0. The molecule has 1 heterocycles. The number of para-hydroxylation sites is 1. The molecule has 0 radical (unpaired) electrons. The van der Waals surface area contributed by atoms with Crippen LogP contribution < -0.4 is 14.8 Å². The van der Waals surface area contributed by atoms with Crippen LogP contribution in [-0.4, -0.2) is 23.6 Å². The van der Waals surface area contributed by atoms with E-state index < -0.39 is 6.10 Å². The van der Waals surface area contributed by atoms with Crippen LogP contribution in [-0.2, 0) is 4.79 Å². The molecule has 27 heavy (non-hydrogen) atoms. The standard InChI is InChI=1S/C21H21ClN2O3/c1-3-13-26-19-11-10-17(15-7-6-12-23-20(15)19)24-21(25)14(2)27-18-9-5-4-8-16(18)22/h4-12,14H,3,13H2,1-2H3,(H,24,25)/t14-/m0/s1. The second-order valence-corrected chi connectivity index (χ2v) is 6.45. The van der Waals surface area contributed by atoms with Gasteiger partial charge in [0.05, 0.1) is 17.3 Å². The zero-order valence-corrected chi connectivity index (χ0v) is 16.0. The first-order chi connectivity index (χ1) is 13.1. The molecule has 0 saturated carbocycles. The van der Waals surface area contributed by atoms with Crippen LogP contribution in [0.25, 0.3) is 10.9 Å². The fourth-order valence-electron chi connectivity index (χ4n) is 2.60. The molecule has 0 aliphatic rings. The first-order valence-electron chi connectivity index (χ1n) is 8.82. The molecule has 2 aromatic carbocycles. The predicted octanol–water partition coefficient (Wildman–Crippen LogP) is 5.08. The van der Waals surface area contributed by atoms with E-state index in [9.17, 15) is 4.79 Å². The van der Waals surface area contributed by atoms with Crippen LogP contribution in [0, 0.1) is 0 Å². The van der Waals surface area contributed by atoms with Gasteiger partial charge in [0.15, 0.2) is 6.10 Å². The largest absolute Gasteiger partial charge is 0.491 e. The third-order valence-corrected chi connectivity index (χ3v) is 4.27. The van der Waals surface area contributed by atoms with Crippen molar-refractivity contribution in [2.45, 2.75) is 26.4 Å². The van der Waals surface area contributed by atoms with E-state index in [-0.39, 0.29) is 5.91 Å². The number of nitrogens with zero attached hydrogens (tertiary/aromatic N) is 1. The van der Waals surface area contributed by atoms with Crippen molar-refractivity contribution in [3.05, 3.63) is 59.8 Å². The van der Waals surface area contributed by atoms with Gasteiger partial charge in [0.1, 0.15) is 17.0 Å². The first kappa shape index (κ1) is 19.0. The number of benzene rings is 2. The molecule has 0 saturated heterocycles. The van der Waals surface area contributed by atoms with Crippen molar-refractivity contribution in [3.63, 3.8) is 0 Å². The summed E-state index contributed by atoms with van der Waals surface area (Å²) in [6.45, 7) is 4.34. The van der Waals surface area contributed by atoms with Crippen molar-refractivity contribution < 1.29 is 14.3 Å². The van der Waals surface area contributed by atoms with Crippen molar-refractivity contribution in [1.82, 2.24) is 4.98 Å². The zero-order chi connectivity index (χ0) is 19.2. The molecule has 1 atom stereocenters.